The smallest absolute Gasteiger partial charge is 0.260 e. The molecule has 104 valence electrons. The molecule has 0 aromatic carbocycles. The summed E-state index contributed by atoms with van der Waals surface area (Å²) in [6.07, 6.45) is 4.76. The van der Waals surface area contributed by atoms with Crippen LogP contribution >= 0.6 is 0 Å². The highest BCUT2D eigenvalue weighted by Gasteiger charge is 2.22. The Morgan fingerprint density at radius 2 is 2.26 bits per heavy atom. The summed E-state index contributed by atoms with van der Waals surface area (Å²) in [6, 6.07) is -0.438. The summed E-state index contributed by atoms with van der Waals surface area (Å²) in [5, 5.41) is 0.0326. The second kappa shape index (κ2) is 5.14. The molecule has 2 N–H and O–H groups in total. The van der Waals surface area contributed by atoms with Crippen molar-refractivity contribution in [2.24, 2.45) is 0 Å². The average Bonchev–Trinajstić information content (AvgIpc) is 2.96. The lowest BCUT2D eigenvalue weighted by molar-refractivity contribution is 0.558. The number of hydrogen-bond donors (Lipinski definition) is 2. The standard InChI is InChI=1S/C11H17N5O2S/c1-4-16-7-10(14-9(16)3)19(17,18)15-8(2)11-12-5-6-13-11/h5-8,15H,4H2,1-3H3,(H,12,13). The van der Waals surface area contributed by atoms with Gasteiger partial charge in [-0.15, -0.1) is 0 Å². The summed E-state index contributed by atoms with van der Waals surface area (Å²) in [5.74, 6) is 1.24. The quantitative estimate of drug-likeness (QED) is 0.855. The fourth-order valence-electron chi connectivity index (χ4n) is 1.79. The Hall–Kier alpha value is -1.67. The highest BCUT2D eigenvalue weighted by atomic mass is 32.2. The van der Waals surface area contributed by atoms with Crippen molar-refractivity contribution in [1.29, 1.82) is 0 Å². The molecule has 2 aromatic rings. The number of aryl methyl sites for hydroxylation is 2. The molecule has 2 heterocycles. The first-order valence-corrected chi connectivity index (χ1v) is 7.47. The number of hydrogen-bond acceptors (Lipinski definition) is 4. The normalized spacial score (nSPS) is 13.6. The third-order valence-electron chi connectivity index (χ3n) is 2.83. The topological polar surface area (TPSA) is 92.7 Å². The van der Waals surface area contributed by atoms with Crippen LogP contribution in [-0.2, 0) is 16.6 Å². The van der Waals surface area contributed by atoms with Crippen molar-refractivity contribution >= 4 is 10.0 Å². The van der Waals surface area contributed by atoms with Gasteiger partial charge in [-0.05, 0) is 20.8 Å². The van der Waals surface area contributed by atoms with E-state index in [0.29, 0.717) is 18.2 Å². The number of rotatable bonds is 5. The first-order valence-electron chi connectivity index (χ1n) is 5.99. The summed E-state index contributed by atoms with van der Waals surface area (Å²) in [7, 11) is -3.64. The predicted molar refractivity (Wildman–Crippen MR) is 70.0 cm³/mol. The van der Waals surface area contributed by atoms with E-state index in [4.69, 9.17) is 0 Å². The lowest BCUT2D eigenvalue weighted by Gasteiger charge is -2.10. The molecule has 0 amide bonds. The van der Waals surface area contributed by atoms with Crippen molar-refractivity contribution in [3.05, 3.63) is 30.2 Å². The van der Waals surface area contributed by atoms with E-state index in [1.807, 2.05) is 6.92 Å². The lowest BCUT2D eigenvalue weighted by atomic mass is 10.3. The van der Waals surface area contributed by atoms with Crippen molar-refractivity contribution in [3.8, 4) is 0 Å². The Morgan fingerprint density at radius 3 is 2.79 bits per heavy atom. The van der Waals surface area contributed by atoms with Crippen molar-refractivity contribution in [2.75, 3.05) is 0 Å². The molecule has 0 aliphatic carbocycles. The Kier molecular flexibility index (Phi) is 3.72. The molecule has 0 aliphatic heterocycles. The van der Waals surface area contributed by atoms with Crippen LogP contribution in [0.1, 0.15) is 31.5 Å². The average molecular weight is 283 g/mol. The van der Waals surface area contributed by atoms with E-state index >= 15 is 0 Å². The number of nitrogens with zero attached hydrogens (tertiary/aromatic N) is 3. The van der Waals surface area contributed by atoms with Crippen LogP contribution in [0.3, 0.4) is 0 Å². The zero-order chi connectivity index (χ0) is 14.0. The highest BCUT2D eigenvalue weighted by molar-refractivity contribution is 7.89. The van der Waals surface area contributed by atoms with Gasteiger partial charge < -0.3 is 9.55 Å². The van der Waals surface area contributed by atoms with E-state index in [2.05, 4.69) is 19.7 Å². The molecule has 0 fully saturated rings. The minimum atomic E-state index is -3.64. The summed E-state index contributed by atoms with van der Waals surface area (Å²) >= 11 is 0. The largest absolute Gasteiger partial charge is 0.347 e. The van der Waals surface area contributed by atoms with Crippen LogP contribution < -0.4 is 4.72 Å². The van der Waals surface area contributed by atoms with Gasteiger partial charge in [0.15, 0.2) is 5.03 Å². The SMILES string of the molecule is CCn1cc(S(=O)(=O)NC(C)c2ncc[nH]2)nc1C. The second-order valence-electron chi connectivity index (χ2n) is 4.23. The third-order valence-corrected chi connectivity index (χ3v) is 4.24. The van der Waals surface area contributed by atoms with E-state index in [1.54, 1.807) is 30.8 Å². The van der Waals surface area contributed by atoms with Gasteiger partial charge in [-0.25, -0.2) is 18.4 Å². The molecular formula is C11H17N5O2S. The van der Waals surface area contributed by atoms with Crippen LogP contribution in [0.5, 0.6) is 0 Å². The van der Waals surface area contributed by atoms with Crippen molar-refractivity contribution in [3.63, 3.8) is 0 Å². The van der Waals surface area contributed by atoms with Crippen molar-refractivity contribution in [1.82, 2.24) is 24.2 Å². The summed E-state index contributed by atoms with van der Waals surface area (Å²) in [4.78, 5) is 11.0. The second-order valence-corrected chi connectivity index (χ2v) is 5.89. The number of aromatic amines is 1. The maximum absolute atomic E-state index is 12.2. The Balaban J connectivity index is 2.22. The van der Waals surface area contributed by atoms with Gasteiger partial charge in [-0.3, -0.25) is 0 Å². The number of imidazole rings is 2. The van der Waals surface area contributed by atoms with Gasteiger partial charge in [-0.2, -0.15) is 4.72 Å². The van der Waals surface area contributed by atoms with E-state index in [0.717, 1.165) is 0 Å². The van der Waals surface area contributed by atoms with Gasteiger partial charge in [0, 0.05) is 25.1 Å². The molecule has 0 radical (unpaired) electrons. The zero-order valence-corrected chi connectivity index (χ0v) is 11.9. The molecular weight excluding hydrogens is 266 g/mol. The highest BCUT2D eigenvalue weighted by Crippen LogP contribution is 2.14. The number of nitrogens with one attached hydrogen (secondary N) is 2. The molecule has 19 heavy (non-hydrogen) atoms. The number of H-pyrrole nitrogens is 1. The van der Waals surface area contributed by atoms with E-state index in [9.17, 15) is 8.42 Å². The summed E-state index contributed by atoms with van der Waals surface area (Å²) in [5.41, 5.74) is 0. The van der Waals surface area contributed by atoms with Crippen LogP contribution in [0, 0.1) is 6.92 Å². The van der Waals surface area contributed by atoms with Crippen LogP contribution in [0.15, 0.2) is 23.6 Å². The van der Waals surface area contributed by atoms with Crippen molar-refractivity contribution in [2.45, 2.75) is 38.4 Å². The molecule has 0 bridgehead atoms. The maximum Gasteiger partial charge on any atom is 0.260 e. The van der Waals surface area contributed by atoms with Crippen LogP contribution in [-0.4, -0.2) is 27.9 Å². The fourth-order valence-corrected chi connectivity index (χ4v) is 3.01. The number of sulfonamides is 1. The Morgan fingerprint density at radius 1 is 1.53 bits per heavy atom. The molecule has 1 atom stereocenters. The molecule has 0 saturated carbocycles. The minimum absolute atomic E-state index is 0.0326. The van der Waals surface area contributed by atoms with E-state index in [1.165, 1.54) is 6.20 Å². The van der Waals surface area contributed by atoms with Gasteiger partial charge >= 0.3 is 0 Å². The maximum atomic E-state index is 12.2. The van der Waals surface area contributed by atoms with Gasteiger partial charge in [0.2, 0.25) is 0 Å². The molecule has 2 rings (SSSR count). The molecule has 1 unspecified atom stereocenters. The van der Waals surface area contributed by atoms with E-state index < -0.39 is 16.1 Å². The predicted octanol–water partition coefficient (Wildman–Crippen LogP) is 0.974. The Bertz CT molecular complexity index is 645. The van der Waals surface area contributed by atoms with Gasteiger partial charge in [-0.1, -0.05) is 0 Å². The van der Waals surface area contributed by atoms with E-state index in [-0.39, 0.29) is 5.03 Å². The molecule has 0 spiro atoms. The first kappa shape index (κ1) is 13.8. The molecule has 8 heteroatoms. The minimum Gasteiger partial charge on any atom is -0.347 e. The first-order chi connectivity index (χ1) is 8.94. The van der Waals surface area contributed by atoms with Gasteiger partial charge in [0.05, 0.1) is 6.04 Å². The lowest BCUT2D eigenvalue weighted by Crippen LogP contribution is -2.27. The van der Waals surface area contributed by atoms with Crippen molar-refractivity contribution < 1.29 is 8.42 Å². The molecule has 7 nitrogen and oxygen atoms in total. The number of aromatic nitrogens is 4. The summed E-state index contributed by atoms with van der Waals surface area (Å²) in [6.45, 7) is 6.12. The van der Waals surface area contributed by atoms with Gasteiger partial charge in [0.1, 0.15) is 11.6 Å². The van der Waals surface area contributed by atoms with Crippen LogP contribution in [0.25, 0.3) is 0 Å². The van der Waals surface area contributed by atoms with Crippen LogP contribution in [0.4, 0.5) is 0 Å². The monoisotopic (exact) mass is 283 g/mol. The van der Waals surface area contributed by atoms with Gasteiger partial charge in [0.25, 0.3) is 10.0 Å². The van der Waals surface area contributed by atoms with Crippen LogP contribution in [0.2, 0.25) is 0 Å². The third kappa shape index (κ3) is 2.85. The summed E-state index contributed by atoms with van der Waals surface area (Å²) < 4.78 is 28.7. The fraction of sp³-hybridized carbons (Fsp3) is 0.455. The molecule has 2 aromatic heterocycles. The Labute approximate surface area is 112 Å². The zero-order valence-electron chi connectivity index (χ0n) is 11.1. The molecule has 0 aliphatic rings. The molecule has 0 saturated heterocycles.